The van der Waals surface area contributed by atoms with E-state index in [1.54, 1.807) is 6.07 Å². The maximum atomic E-state index is 11.0. The molecule has 0 saturated heterocycles. The molecule has 0 aliphatic rings. The Labute approximate surface area is 107 Å². The number of carbonyl (C=O) groups excluding carboxylic acids is 2. The van der Waals surface area contributed by atoms with Gasteiger partial charge in [-0.25, -0.2) is 35.8 Å². The number of hydrogen-bond acceptors (Lipinski definition) is 5. The van der Waals surface area contributed by atoms with Crippen LogP contribution in [0.4, 0.5) is 21.0 Å². The molecule has 0 saturated carbocycles. The molecule has 10 heteroatoms. The molecule has 0 radical (unpaired) electrons. The number of primary amides is 2. The second-order valence-corrected chi connectivity index (χ2v) is 3.66. The molecule has 8 N–H and O–H groups in total. The molecule has 0 aliphatic heterocycles. The summed E-state index contributed by atoms with van der Waals surface area (Å²) in [5, 5.41) is 5.50. The number of aromatic nitrogens is 2. The quantitative estimate of drug-likeness (QED) is 0.305. The number of anilines is 2. The molecule has 2 aromatic heterocycles. The molecule has 10 nitrogen and oxygen atoms in total. The molecule has 0 aromatic carbocycles. The van der Waals surface area contributed by atoms with Crippen molar-refractivity contribution in [3.8, 4) is 0 Å². The van der Waals surface area contributed by atoms with E-state index in [0.717, 1.165) is 10.0 Å². The number of carbonyl (C=O) groups is 2. The van der Waals surface area contributed by atoms with Crippen LogP contribution in [0.25, 0.3) is 5.52 Å². The number of pyridine rings is 1. The number of amides is 4. The van der Waals surface area contributed by atoms with Gasteiger partial charge in [0, 0.05) is 0 Å². The van der Waals surface area contributed by atoms with Gasteiger partial charge in [-0.15, -0.1) is 0 Å². The monoisotopic (exact) mass is 264 g/mol. The maximum absolute atomic E-state index is 11.0. The van der Waals surface area contributed by atoms with Crippen LogP contribution in [-0.2, 0) is 0 Å². The van der Waals surface area contributed by atoms with Gasteiger partial charge in [0.2, 0.25) is 0 Å². The van der Waals surface area contributed by atoms with Crippen LogP contribution in [0, 0.1) is 0 Å². The van der Waals surface area contributed by atoms with E-state index in [4.69, 9.17) is 23.2 Å². The van der Waals surface area contributed by atoms with Gasteiger partial charge in [-0.3, -0.25) is 0 Å². The van der Waals surface area contributed by atoms with Crippen LogP contribution in [0.2, 0.25) is 0 Å². The van der Waals surface area contributed by atoms with Crippen molar-refractivity contribution in [2.45, 2.75) is 0 Å². The lowest BCUT2D eigenvalue weighted by atomic mass is 10.3. The zero-order chi connectivity index (χ0) is 14.2. The molecule has 19 heavy (non-hydrogen) atoms. The van der Waals surface area contributed by atoms with Gasteiger partial charge in [-0.2, -0.15) is 5.10 Å². The Morgan fingerprint density at radius 3 is 2.32 bits per heavy atom. The summed E-state index contributed by atoms with van der Waals surface area (Å²) in [6, 6.07) is 1.46. The normalized spacial score (nSPS) is 10.4. The third-order valence-electron chi connectivity index (χ3n) is 2.49. The van der Waals surface area contributed by atoms with E-state index in [2.05, 4.69) is 5.10 Å². The van der Waals surface area contributed by atoms with Crippen molar-refractivity contribution in [1.82, 2.24) is 9.61 Å². The van der Waals surface area contributed by atoms with Crippen LogP contribution in [0.15, 0.2) is 24.5 Å². The summed E-state index contributed by atoms with van der Waals surface area (Å²) in [7, 11) is 0. The number of urea groups is 2. The molecule has 4 amide bonds. The van der Waals surface area contributed by atoms with Crippen molar-refractivity contribution in [3.05, 3.63) is 24.5 Å². The molecule has 0 unspecified atom stereocenters. The molecule has 0 fully saturated rings. The van der Waals surface area contributed by atoms with Crippen LogP contribution in [0.5, 0.6) is 0 Å². The number of rotatable bonds is 2. The Morgan fingerprint density at radius 1 is 1.11 bits per heavy atom. The van der Waals surface area contributed by atoms with Crippen molar-refractivity contribution in [2.75, 3.05) is 10.0 Å². The molecule has 2 heterocycles. The summed E-state index contributed by atoms with van der Waals surface area (Å²) in [5.41, 5.74) is 11.3. The van der Waals surface area contributed by atoms with Gasteiger partial charge in [0.1, 0.15) is 5.69 Å². The summed E-state index contributed by atoms with van der Waals surface area (Å²) in [6.07, 6.45) is 2.81. The van der Waals surface area contributed by atoms with E-state index in [1.165, 1.54) is 23.0 Å². The summed E-state index contributed by atoms with van der Waals surface area (Å²) in [5.74, 6) is 10.9. The van der Waals surface area contributed by atoms with E-state index in [9.17, 15) is 9.59 Å². The molecule has 0 aliphatic carbocycles. The molecule has 2 aromatic rings. The number of fused-ring (bicyclic) bond motifs is 1. The third-order valence-corrected chi connectivity index (χ3v) is 2.49. The van der Waals surface area contributed by atoms with Crippen LogP contribution in [0.3, 0.4) is 0 Å². The van der Waals surface area contributed by atoms with Crippen molar-refractivity contribution in [3.63, 3.8) is 0 Å². The van der Waals surface area contributed by atoms with Gasteiger partial charge in [0.05, 0.1) is 23.6 Å². The number of hydrazine groups is 2. The Morgan fingerprint density at radius 2 is 1.74 bits per heavy atom. The second kappa shape index (κ2) is 4.44. The van der Waals surface area contributed by atoms with Crippen LogP contribution >= 0.6 is 0 Å². The molecule has 0 atom stereocenters. The average Bonchev–Trinajstić information content (AvgIpc) is 2.79. The van der Waals surface area contributed by atoms with E-state index < -0.39 is 12.1 Å². The van der Waals surface area contributed by atoms with Crippen LogP contribution < -0.4 is 33.2 Å². The fourth-order valence-corrected chi connectivity index (χ4v) is 1.53. The Bertz CT molecular complexity index is 651. The summed E-state index contributed by atoms with van der Waals surface area (Å²) in [6.45, 7) is 0. The standard InChI is InChI=1S/C9H12N8O2/c10-8(18)16(12)5-1-2-6-7(17(13)9(11)19)3-14-15(6)4-5/h1-4H,12-13H2,(H2,10,18)(H2,11,19). The van der Waals surface area contributed by atoms with Gasteiger partial charge in [0.25, 0.3) is 0 Å². The lowest BCUT2D eigenvalue weighted by Gasteiger charge is -2.14. The van der Waals surface area contributed by atoms with E-state index in [1.807, 2.05) is 0 Å². The van der Waals surface area contributed by atoms with Crippen molar-refractivity contribution >= 4 is 29.0 Å². The largest absolute Gasteiger partial charge is 0.350 e. The first-order valence-corrected chi connectivity index (χ1v) is 5.07. The average molecular weight is 264 g/mol. The first-order valence-electron chi connectivity index (χ1n) is 5.07. The first kappa shape index (κ1) is 12.6. The topological polar surface area (TPSA) is 162 Å². The molecule has 100 valence electrons. The molecular formula is C9H12N8O2. The minimum absolute atomic E-state index is 0.321. The van der Waals surface area contributed by atoms with E-state index >= 15 is 0 Å². The Hall–Kier alpha value is -2.85. The summed E-state index contributed by atoms with van der Waals surface area (Å²) < 4.78 is 1.39. The molecular weight excluding hydrogens is 252 g/mol. The van der Waals surface area contributed by atoms with Crippen LogP contribution in [0.1, 0.15) is 0 Å². The molecule has 0 spiro atoms. The fourth-order valence-electron chi connectivity index (χ4n) is 1.53. The predicted molar refractivity (Wildman–Crippen MR) is 67.7 cm³/mol. The van der Waals surface area contributed by atoms with E-state index in [0.29, 0.717) is 16.9 Å². The van der Waals surface area contributed by atoms with Gasteiger partial charge in [0.15, 0.2) is 0 Å². The zero-order valence-corrected chi connectivity index (χ0v) is 9.72. The first-order chi connectivity index (χ1) is 8.91. The van der Waals surface area contributed by atoms with Gasteiger partial charge >= 0.3 is 12.1 Å². The minimum atomic E-state index is -0.823. The highest BCUT2D eigenvalue weighted by Crippen LogP contribution is 2.21. The lowest BCUT2D eigenvalue weighted by Crippen LogP contribution is -2.42. The highest BCUT2D eigenvalue weighted by Gasteiger charge is 2.15. The number of nitrogens with two attached hydrogens (primary N) is 4. The van der Waals surface area contributed by atoms with Crippen LogP contribution in [-0.4, -0.2) is 21.7 Å². The third kappa shape index (κ3) is 2.12. The zero-order valence-electron chi connectivity index (χ0n) is 9.72. The highest BCUT2D eigenvalue weighted by atomic mass is 16.2. The van der Waals surface area contributed by atoms with Crippen molar-refractivity contribution in [1.29, 1.82) is 0 Å². The SMILES string of the molecule is NC(=O)N(N)c1ccc2c(N(N)C(N)=O)cnn2c1. The van der Waals surface area contributed by atoms with Gasteiger partial charge in [-0.05, 0) is 12.1 Å². The lowest BCUT2D eigenvalue weighted by molar-refractivity contribution is 0.253. The van der Waals surface area contributed by atoms with Gasteiger partial charge in [-0.1, -0.05) is 0 Å². The molecule has 0 bridgehead atoms. The Balaban J connectivity index is 2.48. The number of nitrogens with zero attached hydrogens (tertiary/aromatic N) is 4. The van der Waals surface area contributed by atoms with Crippen molar-refractivity contribution in [2.24, 2.45) is 23.2 Å². The highest BCUT2D eigenvalue weighted by molar-refractivity contribution is 5.94. The predicted octanol–water partition coefficient (Wildman–Crippen LogP) is -1.15. The summed E-state index contributed by atoms with van der Waals surface area (Å²) >= 11 is 0. The Kier molecular flexibility index (Phi) is 2.94. The summed E-state index contributed by atoms with van der Waals surface area (Å²) in [4.78, 5) is 21.9. The fraction of sp³-hybridized carbons (Fsp3) is 0. The number of hydrogen-bond donors (Lipinski definition) is 4. The molecule has 2 rings (SSSR count). The van der Waals surface area contributed by atoms with E-state index in [-0.39, 0.29) is 0 Å². The van der Waals surface area contributed by atoms with Gasteiger partial charge < -0.3 is 11.5 Å². The second-order valence-electron chi connectivity index (χ2n) is 3.66. The minimum Gasteiger partial charge on any atom is -0.350 e. The smallest absolute Gasteiger partial charge is 0.333 e. The van der Waals surface area contributed by atoms with Crippen molar-refractivity contribution < 1.29 is 9.59 Å². The maximum Gasteiger partial charge on any atom is 0.333 e.